The van der Waals surface area contributed by atoms with E-state index in [-0.39, 0.29) is 23.5 Å². The number of hydrogen-bond acceptors (Lipinski definition) is 2. The second-order valence-corrected chi connectivity index (χ2v) is 6.76. The van der Waals surface area contributed by atoms with Gasteiger partial charge in [-0.2, -0.15) is 0 Å². The Bertz CT molecular complexity index is 420. The summed E-state index contributed by atoms with van der Waals surface area (Å²) < 4.78 is 0. The maximum Gasteiger partial charge on any atom is 0.237 e. The summed E-state index contributed by atoms with van der Waals surface area (Å²) in [6.45, 7) is 12.2. The van der Waals surface area contributed by atoms with Crippen molar-refractivity contribution in [3.8, 4) is 0 Å². The Morgan fingerprint density at radius 3 is 2.05 bits per heavy atom. The van der Waals surface area contributed by atoms with Crippen LogP contribution in [0.4, 0.5) is 0 Å². The number of rotatable bonds is 5. The van der Waals surface area contributed by atoms with E-state index in [4.69, 9.17) is 0 Å². The lowest BCUT2D eigenvalue weighted by Crippen LogP contribution is -2.50. The third-order valence-electron chi connectivity index (χ3n) is 3.15. The maximum absolute atomic E-state index is 12.2. The SMILES string of the molecule is CC(NC(c1ccccc1)C(C)C)C(=O)NC(C)(C)C. The molecule has 0 aromatic heterocycles. The van der Waals surface area contributed by atoms with Crippen LogP contribution < -0.4 is 10.6 Å². The van der Waals surface area contributed by atoms with Crippen LogP contribution in [-0.4, -0.2) is 17.5 Å². The van der Waals surface area contributed by atoms with Crippen LogP contribution in [0, 0.1) is 5.92 Å². The largest absolute Gasteiger partial charge is 0.350 e. The molecule has 1 rings (SSSR count). The molecule has 0 radical (unpaired) electrons. The van der Waals surface area contributed by atoms with Crippen LogP contribution in [0.5, 0.6) is 0 Å². The zero-order valence-electron chi connectivity index (χ0n) is 13.5. The summed E-state index contributed by atoms with van der Waals surface area (Å²) in [5.74, 6) is 0.460. The Hall–Kier alpha value is -1.35. The number of carbonyl (C=O) groups is 1. The minimum Gasteiger partial charge on any atom is -0.350 e. The van der Waals surface area contributed by atoms with E-state index in [1.165, 1.54) is 5.56 Å². The first-order chi connectivity index (χ1) is 9.20. The Morgan fingerprint density at radius 2 is 1.60 bits per heavy atom. The molecule has 0 spiro atoms. The standard InChI is InChI=1S/C17H28N2O/c1-12(2)15(14-10-8-7-9-11-14)18-13(3)16(20)19-17(4,5)6/h7-13,15,18H,1-6H3,(H,19,20). The number of amides is 1. The molecule has 0 saturated heterocycles. The van der Waals surface area contributed by atoms with Gasteiger partial charge in [-0.1, -0.05) is 44.2 Å². The lowest BCUT2D eigenvalue weighted by molar-refractivity contribution is -0.124. The first kappa shape index (κ1) is 16.7. The molecule has 2 atom stereocenters. The van der Waals surface area contributed by atoms with E-state index in [2.05, 4.69) is 36.6 Å². The van der Waals surface area contributed by atoms with Crippen molar-refractivity contribution in [1.29, 1.82) is 0 Å². The Kier molecular flexibility index (Phi) is 5.75. The zero-order chi connectivity index (χ0) is 15.3. The van der Waals surface area contributed by atoms with Crippen molar-refractivity contribution in [2.75, 3.05) is 0 Å². The van der Waals surface area contributed by atoms with Gasteiger partial charge in [0.05, 0.1) is 6.04 Å². The van der Waals surface area contributed by atoms with E-state index >= 15 is 0 Å². The fraction of sp³-hybridized carbons (Fsp3) is 0.588. The van der Waals surface area contributed by atoms with Crippen molar-refractivity contribution in [2.45, 2.75) is 59.2 Å². The Labute approximate surface area is 123 Å². The summed E-state index contributed by atoms with van der Waals surface area (Å²) in [5, 5.41) is 6.46. The predicted octanol–water partition coefficient (Wildman–Crippen LogP) is 3.28. The fourth-order valence-electron chi connectivity index (χ4n) is 2.16. The van der Waals surface area contributed by atoms with Crippen LogP contribution in [0.2, 0.25) is 0 Å². The molecule has 112 valence electrons. The molecule has 0 saturated carbocycles. The molecule has 1 aromatic carbocycles. The number of carbonyl (C=O) groups excluding carboxylic acids is 1. The second-order valence-electron chi connectivity index (χ2n) is 6.76. The molecule has 0 aliphatic heterocycles. The molecule has 1 aromatic rings. The molecule has 3 heteroatoms. The molecule has 2 N–H and O–H groups in total. The number of hydrogen-bond donors (Lipinski definition) is 2. The molecular formula is C17H28N2O. The van der Waals surface area contributed by atoms with E-state index in [1.807, 2.05) is 45.9 Å². The highest BCUT2D eigenvalue weighted by Gasteiger charge is 2.23. The average molecular weight is 276 g/mol. The summed E-state index contributed by atoms with van der Waals surface area (Å²) in [4.78, 5) is 12.2. The topological polar surface area (TPSA) is 41.1 Å². The normalized spacial score (nSPS) is 14.9. The van der Waals surface area contributed by atoms with Crippen molar-refractivity contribution in [1.82, 2.24) is 10.6 Å². The van der Waals surface area contributed by atoms with Crippen molar-refractivity contribution in [3.63, 3.8) is 0 Å². The van der Waals surface area contributed by atoms with Crippen LogP contribution in [0.3, 0.4) is 0 Å². The summed E-state index contributed by atoms with van der Waals surface area (Å²) >= 11 is 0. The third-order valence-corrected chi connectivity index (χ3v) is 3.15. The molecular weight excluding hydrogens is 248 g/mol. The van der Waals surface area contributed by atoms with E-state index in [9.17, 15) is 4.79 Å². The fourth-order valence-corrected chi connectivity index (χ4v) is 2.16. The average Bonchev–Trinajstić information content (AvgIpc) is 2.34. The molecule has 3 nitrogen and oxygen atoms in total. The van der Waals surface area contributed by atoms with Crippen LogP contribution in [0.25, 0.3) is 0 Å². The molecule has 0 bridgehead atoms. The van der Waals surface area contributed by atoms with E-state index in [0.717, 1.165) is 0 Å². The Balaban J connectivity index is 2.74. The summed E-state index contributed by atoms with van der Waals surface area (Å²) in [6, 6.07) is 10.2. The highest BCUT2D eigenvalue weighted by molar-refractivity contribution is 5.82. The molecule has 0 heterocycles. The van der Waals surface area contributed by atoms with Gasteiger partial charge in [0, 0.05) is 11.6 Å². The van der Waals surface area contributed by atoms with Gasteiger partial charge >= 0.3 is 0 Å². The predicted molar refractivity (Wildman–Crippen MR) is 84.5 cm³/mol. The lowest BCUT2D eigenvalue weighted by atomic mass is 9.95. The number of nitrogens with one attached hydrogen (secondary N) is 2. The van der Waals surface area contributed by atoms with Crippen molar-refractivity contribution >= 4 is 5.91 Å². The molecule has 1 amide bonds. The van der Waals surface area contributed by atoms with Gasteiger partial charge in [-0.25, -0.2) is 0 Å². The van der Waals surface area contributed by atoms with Crippen LogP contribution in [0.1, 0.15) is 53.1 Å². The first-order valence-corrected chi connectivity index (χ1v) is 7.33. The third kappa shape index (κ3) is 5.33. The van der Waals surface area contributed by atoms with Gasteiger partial charge in [0.2, 0.25) is 5.91 Å². The van der Waals surface area contributed by atoms with Crippen molar-refractivity contribution in [2.24, 2.45) is 5.92 Å². The minimum atomic E-state index is -0.221. The van der Waals surface area contributed by atoms with Gasteiger partial charge in [0.25, 0.3) is 0 Å². The van der Waals surface area contributed by atoms with Crippen LogP contribution in [-0.2, 0) is 4.79 Å². The summed E-state index contributed by atoms with van der Waals surface area (Å²) in [7, 11) is 0. The monoisotopic (exact) mass is 276 g/mol. The van der Waals surface area contributed by atoms with Gasteiger partial charge in [0.1, 0.15) is 0 Å². The highest BCUT2D eigenvalue weighted by Crippen LogP contribution is 2.22. The summed E-state index contributed by atoms with van der Waals surface area (Å²) in [5.41, 5.74) is 1.02. The van der Waals surface area contributed by atoms with E-state index < -0.39 is 0 Å². The molecule has 20 heavy (non-hydrogen) atoms. The van der Waals surface area contributed by atoms with E-state index in [1.54, 1.807) is 0 Å². The van der Waals surface area contributed by atoms with E-state index in [0.29, 0.717) is 5.92 Å². The quantitative estimate of drug-likeness (QED) is 0.866. The smallest absolute Gasteiger partial charge is 0.237 e. The van der Waals surface area contributed by atoms with Crippen LogP contribution >= 0.6 is 0 Å². The van der Waals surface area contributed by atoms with Gasteiger partial charge < -0.3 is 5.32 Å². The molecule has 0 fully saturated rings. The van der Waals surface area contributed by atoms with Gasteiger partial charge in [0.15, 0.2) is 0 Å². The molecule has 0 aliphatic rings. The lowest BCUT2D eigenvalue weighted by Gasteiger charge is -2.29. The second kappa shape index (κ2) is 6.89. The van der Waals surface area contributed by atoms with Crippen molar-refractivity contribution in [3.05, 3.63) is 35.9 Å². The maximum atomic E-state index is 12.2. The zero-order valence-corrected chi connectivity index (χ0v) is 13.5. The first-order valence-electron chi connectivity index (χ1n) is 7.33. The highest BCUT2D eigenvalue weighted by atomic mass is 16.2. The van der Waals surface area contributed by atoms with Gasteiger partial charge in [-0.05, 0) is 39.2 Å². The van der Waals surface area contributed by atoms with Gasteiger partial charge in [-0.3, -0.25) is 10.1 Å². The minimum absolute atomic E-state index is 0.0408. The molecule has 0 aliphatic carbocycles. The van der Waals surface area contributed by atoms with Crippen LogP contribution in [0.15, 0.2) is 30.3 Å². The van der Waals surface area contributed by atoms with Gasteiger partial charge in [-0.15, -0.1) is 0 Å². The Morgan fingerprint density at radius 1 is 1.05 bits per heavy atom. The molecule has 2 unspecified atom stereocenters. The number of benzene rings is 1. The van der Waals surface area contributed by atoms with Crippen molar-refractivity contribution < 1.29 is 4.79 Å². The summed E-state index contributed by atoms with van der Waals surface area (Å²) in [6.07, 6.45) is 0.